The van der Waals surface area contributed by atoms with Crippen LogP contribution in [-0.2, 0) is 64.5 Å². The first-order valence-electron chi connectivity index (χ1n) is 35.0. The van der Waals surface area contributed by atoms with E-state index in [1.807, 2.05) is 72.1 Å². The molecule has 0 saturated carbocycles. The van der Waals surface area contributed by atoms with Crippen molar-refractivity contribution >= 4 is 17.1 Å². The van der Waals surface area contributed by atoms with E-state index >= 15 is 0 Å². The van der Waals surface area contributed by atoms with Crippen molar-refractivity contribution in [1.29, 1.82) is 0 Å². The van der Waals surface area contributed by atoms with Gasteiger partial charge < -0.3 is 81.7 Å². The standard InChI is InChI=1S/C20H22N2O6.3C20H24N2O3/c1-9-6-11-12(17(18(9)24)22(26)27)7-14-15-10(4-5-21(14)2)13(8-23)19(25)20(28-3)16(11)15;1-10-7-12-13(18(21-2)19(10)24)9-14-16-11(5-6-22(14)3)8-15(23)20(25-4)17(12)16;1-9-7-12-13(17(21)18(9)23)8-14-15-11(5-6-22(14)3)10(2)19(24)20(25-4)16(12)15;1-10-6-13-12(14(9-21)19(10)24)8-15-17-11(4-5-22(15)2)7-16(23)20(25-3)18(13)17/h6,14,23-25H,4-5,7-8H2,1-3H3;7-8,14,21,23-24H,5-6,9H2,1-4H3;7,14,23-24H,5-6,8,21H2,1-4H3;6-7,15,23-24H,4-5,8-9,21H2,1-3H3. The molecule has 0 aromatic heterocycles. The van der Waals surface area contributed by atoms with Crippen LogP contribution in [0, 0.1) is 44.7 Å². The number of rotatable bonds is 8. The van der Waals surface area contributed by atoms with E-state index in [1.54, 1.807) is 34.3 Å². The zero-order valence-electron chi connectivity index (χ0n) is 61.0. The van der Waals surface area contributed by atoms with Crippen molar-refractivity contribution in [3.8, 4) is 114 Å². The Morgan fingerprint density at radius 2 is 0.864 bits per heavy atom. The molecule has 4 aliphatic carbocycles. The number of nitrogens with one attached hydrogen (secondary N) is 1. The molecule has 0 spiro atoms. The highest BCUT2D eigenvalue weighted by atomic mass is 16.6. The number of fused-ring (bicyclic) bond motifs is 8. The lowest BCUT2D eigenvalue weighted by Gasteiger charge is -2.41. The molecule has 103 heavy (non-hydrogen) atoms. The number of nitrogens with zero attached hydrogens (tertiary/aromatic N) is 5. The Morgan fingerprint density at radius 3 is 1.35 bits per heavy atom. The maximum Gasteiger partial charge on any atom is 0.314 e. The van der Waals surface area contributed by atoms with Crippen molar-refractivity contribution in [3.05, 3.63) is 152 Å². The van der Waals surface area contributed by atoms with Gasteiger partial charge in [-0.2, -0.15) is 0 Å². The van der Waals surface area contributed by atoms with Crippen molar-refractivity contribution in [2.45, 2.75) is 123 Å². The number of methoxy groups -OCH3 is 4. The number of hydrogen-bond donors (Lipinski definition) is 12. The smallest absolute Gasteiger partial charge is 0.314 e. The van der Waals surface area contributed by atoms with Gasteiger partial charge in [-0.25, -0.2) is 0 Å². The summed E-state index contributed by atoms with van der Waals surface area (Å²) in [6.45, 7) is 12.7. The molecule has 0 fully saturated rings. The molecule has 0 bridgehead atoms. The molecule has 544 valence electrons. The largest absolute Gasteiger partial charge is 0.507 e. The fourth-order valence-electron chi connectivity index (χ4n) is 18.1. The number of anilines is 2. The fraction of sp³-hybridized carbons (Fsp3) is 0.400. The van der Waals surface area contributed by atoms with Crippen LogP contribution in [-0.4, -0.2) is 160 Å². The SMILES string of the molecule is CNc1c(O)c(C)cc2c1CC1c3c(cc(O)c(OC)c3-2)CCN1C.COc1c(O)c(C)c2c3c1-c1cc(C)c(O)c(N)c1CC3N(C)CC2.COc1c(O)c(CO)c2c3c1-c1cc(C)c(O)c([N+](=O)[O-])c1CC3N(C)CC2.COc1c(O)cc2c3c1-c1cc(C)c(O)c(CN)c1CC3N(C)CC2. The van der Waals surface area contributed by atoms with Gasteiger partial charge in [0.2, 0.25) is 0 Å². The number of aryl methyl sites for hydroxylation is 4. The molecule has 16 rings (SSSR count). The summed E-state index contributed by atoms with van der Waals surface area (Å²) in [6.07, 6.45) is 6.11. The van der Waals surface area contributed by atoms with Crippen LogP contribution in [0.5, 0.6) is 69.0 Å². The van der Waals surface area contributed by atoms with Gasteiger partial charge in [0.05, 0.1) is 51.3 Å². The predicted octanol–water partition coefficient (Wildman–Crippen LogP) is 11.5. The Hall–Kier alpha value is -9.88. The topological polar surface area (TPSA) is 339 Å². The number of benzene rings is 8. The molecule has 23 heteroatoms. The number of nitrogens with two attached hydrogens (primary N) is 2. The summed E-state index contributed by atoms with van der Waals surface area (Å²) < 4.78 is 22.3. The molecular formula is C80H94N8O15. The Labute approximate surface area is 599 Å². The van der Waals surface area contributed by atoms with Gasteiger partial charge in [0.25, 0.3) is 0 Å². The van der Waals surface area contributed by atoms with Crippen molar-refractivity contribution < 1.29 is 69.8 Å². The summed E-state index contributed by atoms with van der Waals surface area (Å²) in [7, 11) is 16.3. The molecule has 4 heterocycles. The zero-order valence-corrected chi connectivity index (χ0v) is 61.0. The van der Waals surface area contributed by atoms with E-state index in [4.69, 9.17) is 30.4 Å². The number of nitrogen functional groups attached to an aromatic ring is 1. The van der Waals surface area contributed by atoms with Crippen LogP contribution in [0.3, 0.4) is 0 Å². The molecule has 0 radical (unpaired) electrons. The lowest BCUT2D eigenvalue weighted by Crippen LogP contribution is -2.36. The minimum Gasteiger partial charge on any atom is -0.507 e. The van der Waals surface area contributed by atoms with Crippen LogP contribution in [0.1, 0.15) is 130 Å². The maximum atomic E-state index is 11.8. The van der Waals surface area contributed by atoms with Gasteiger partial charge in [-0.15, -0.1) is 0 Å². The number of phenolic OH excluding ortho intramolecular Hbond substituents is 7. The van der Waals surface area contributed by atoms with Gasteiger partial charge in [-0.3, -0.25) is 29.7 Å². The summed E-state index contributed by atoms with van der Waals surface area (Å²) in [4.78, 5) is 20.3. The third-order valence-corrected chi connectivity index (χ3v) is 23.5. The summed E-state index contributed by atoms with van der Waals surface area (Å²) >= 11 is 0. The van der Waals surface area contributed by atoms with Crippen LogP contribution in [0.4, 0.5) is 17.1 Å². The highest BCUT2D eigenvalue weighted by Gasteiger charge is 2.45. The monoisotopic (exact) mass is 1410 g/mol. The average molecular weight is 1410 g/mol. The van der Waals surface area contributed by atoms with Crippen LogP contribution in [0.25, 0.3) is 44.5 Å². The summed E-state index contributed by atoms with van der Waals surface area (Å²) in [5.74, 6) is 2.55. The zero-order chi connectivity index (χ0) is 74.1. The number of aliphatic hydroxyl groups is 1. The van der Waals surface area contributed by atoms with Gasteiger partial charge in [0.1, 0.15) is 17.2 Å². The average Bonchev–Trinajstić information content (AvgIpc) is 0.745. The van der Waals surface area contributed by atoms with E-state index in [-0.39, 0.29) is 89.0 Å². The molecule has 14 N–H and O–H groups in total. The van der Waals surface area contributed by atoms with Crippen LogP contribution in [0.2, 0.25) is 0 Å². The van der Waals surface area contributed by atoms with Crippen LogP contribution < -0.4 is 35.7 Å². The van der Waals surface area contributed by atoms with E-state index in [9.17, 15) is 56.1 Å². The number of nitro groups is 1. The van der Waals surface area contributed by atoms with E-state index in [1.165, 1.54) is 40.5 Å². The fourth-order valence-corrected chi connectivity index (χ4v) is 18.1. The Morgan fingerprint density at radius 1 is 0.476 bits per heavy atom. The van der Waals surface area contributed by atoms with Crippen LogP contribution in [0.15, 0.2) is 36.4 Å². The maximum absolute atomic E-state index is 11.8. The number of ether oxygens (including phenoxy) is 4. The second-order valence-electron chi connectivity index (χ2n) is 28.7. The third kappa shape index (κ3) is 11.1. The van der Waals surface area contributed by atoms with E-state index in [0.717, 1.165) is 153 Å². The van der Waals surface area contributed by atoms with E-state index in [0.29, 0.717) is 75.9 Å². The number of phenols is 8. The first-order valence-corrected chi connectivity index (χ1v) is 35.0. The van der Waals surface area contributed by atoms with E-state index < -0.39 is 4.92 Å². The lowest BCUT2D eigenvalue weighted by molar-refractivity contribution is -0.386. The number of likely N-dealkylation sites (N-methyl/N-ethyl adjacent to an activating group) is 4. The molecule has 0 amide bonds. The summed E-state index contributed by atoms with van der Waals surface area (Å²) in [6, 6.07) is 11.8. The minimum absolute atomic E-state index is 0.136. The highest BCUT2D eigenvalue weighted by molar-refractivity contribution is 5.92. The second kappa shape index (κ2) is 27.1. The molecule has 4 aliphatic heterocycles. The molecule has 23 nitrogen and oxygen atoms in total. The highest BCUT2D eigenvalue weighted by Crippen LogP contribution is 2.61. The quantitative estimate of drug-likeness (QED) is 0.0291. The molecular weight excluding hydrogens is 1310 g/mol. The third-order valence-electron chi connectivity index (χ3n) is 23.5. The number of nitro benzene ring substituents is 1. The van der Waals surface area contributed by atoms with Gasteiger partial charge in [0.15, 0.2) is 51.7 Å². The minimum atomic E-state index is -0.551. The van der Waals surface area contributed by atoms with Crippen LogP contribution >= 0.6 is 0 Å². The lowest BCUT2D eigenvalue weighted by atomic mass is 9.74. The predicted molar refractivity (Wildman–Crippen MR) is 396 cm³/mol. The summed E-state index contributed by atoms with van der Waals surface area (Å²) in [5.41, 5.74) is 37.7. The Bertz CT molecular complexity index is 4730. The summed E-state index contributed by atoms with van der Waals surface area (Å²) in [5, 5.41) is 109. The van der Waals surface area contributed by atoms with Gasteiger partial charge >= 0.3 is 5.69 Å². The van der Waals surface area contributed by atoms with Crippen molar-refractivity contribution in [2.75, 3.05) is 101 Å². The first kappa shape index (κ1) is 71.5. The Balaban J connectivity index is 0.000000122. The number of aliphatic hydroxyl groups excluding tert-OH is 1. The molecule has 8 aromatic carbocycles. The van der Waals surface area contributed by atoms with Gasteiger partial charge in [0, 0.05) is 103 Å². The van der Waals surface area contributed by atoms with E-state index in [2.05, 4.69) is 46.1 Å². The molecule has 8 aromatic rings. The van der Waals surface area contributed by atoms with Crippen molar-refractivity contribution in [1.82, 2.24) is 19.6 Å². The normalized spacial score (nSPS) is 18.4. The number of hydrogen-bond acceptors (Lipinski definition) is 22. The molecule has 4 atom stereocenters. The Kier molecular flexibility index (Phi) is 18.8. The number of aromatic hydroxyl groups is 8. The van der Waals surface area contributed by atoms with Gasteiger partial charge in [-0.05, 0) is 262 Å². The molecule has 0 saturated heterocycles. The first-order chi connectivity index (χ1) is 49.1. The molecule has 8 aliphatic rings. The molecule has 4 unspecified atom stereocenters. The second-order valence-corrected chi connectivity index (χ2v) is 28.7. The van der Waals surface area contributed by atoms with Gasteiger partial charge in [-0.1, -0.05) is 0 Å². The van der Waals surface area contributed by atoms with Crippen molar-refractivity contribution in [3.63, 3.8) is 0 Å². The van der Waals surface area contributed by atoms with Crippen molar-refractivity contribution in [2.24, 2.45) is 5.73 Å².